The number of amides is 1. The standard InChI is InChI=1S/C20H18N4O3S/c21-13-16-20(27-19(22-16)17-7-4-12-26-17)24-10-8-23(9-11-24)18(25)14-28-15-5-2-1-3-6-15/h1-7,12H,8-11,14H2. The highest BCUT2D eigenvalue weighted by atomic mass is 32.2. The number of hydrogen-bond donors (Lipinski definition) is 0. The van der Waals surface area contributed by atoms with Crippen LogP contribution in [0.15, 0.2) is 62.5 Å². The Balaban J connectivity index is 1.36. The molecule has 8 heteroatoms. The highest BCUT2D eigenvalue weighted by molar-refractivity contribution is 8.00. The summed E-state index contributed by atoms with van der Waals surface area (Å²) < 4.78 is 11.1. The fraction of sp³-hybridized carbons (Fsp3) is 0.250. The summed E-state index contributed by atoms with van der Waals surface area (Å²) in [6.45, 7) is 2.33. The smallest absolute Gasteiger partial charge is 0.266 e. The van der Waals surface area contributed by atoms with E-state index in [4.69, 9.17) is 8.83 Å². The summed E-state index contributed by atoms with van der Waals surface area (Å²) in [6, 6.07) is 15.4. The van der Waals surface area contributed by atoms with Crippen molar-refractivity contribution in [2.75, 3.05) is 36.8 Å². The van der Waals surface area contributed by atoms with Gasteiger partial charge in [0.15, 0.2) is 5.76 Å². The van der Waals surface area contributed by atoms with Gasteiger partial charge in [-0.1, -0.05) is 18.2 Å². The Kier molecular flexibility index (Phi) is 5.35. The number of hydrogen-bond acceptors (Lipinski definition) is 7. The lowest BCUT2D eigenvalue weighted by molar-refractivity contribution is -0.128. The van der Waals surface area contributed by atoms with Crippen molar-refractivity contribution in [3.8, 4) is 17.7 Å². The second kappa shape index (κ2) is 8.23. The number of carbonyl (C=O) groups excluding carboxylic acids is 1. The first-order chi connectivity index (χ1) is 13.7. The molecule has 3 heterocycles. The predicted molar refractivity (Wildman–Crippen MR) is 105 cm³/mol. The Morgan fingerprint density at radius 1 is 1.14 bits per heavy atom. The number of nitrogens with zero attached hydrogens (tertiary/aromatic N) is 4. The summed E-state index contributed by atoms with van der Waals surface area (Å²) in [7, 11) is 0. The van der Waals surface area contributed by atoms with Crippen LogP contribution in [0.2, 0.25) is 0 Å². The Bertz CT molecular complexity index is 971. The van der Waals surface area contributed by atoms with Crippen LogP contribution in [-0.4, -0.2) is 47.7 Å². The van der Waals surface area contributed by atoms with E-state index in [1.54, 1.807) is 23.9 Å². The van der Waals surface area contributed by atoms with Crippen LogP contribution in [0, 0.1) is 11.3 Å². The Labute approximate surface area is 166 Å². The van der Waals surface area contributed by atoms with Crippen LogP contribution in [0.5, 0.6) is 0 Å². The molecule has 0 saturated carbocycles. The summed E-state index contributed by atoms with van der Waals surface area (Å²) in [5.74, 6) is 1.73. The first-order valence-corrected chi connectivity index (χ1v) is 9.88. The molecule has 1 amide bonds. The molecule has 7 nitrogen and oxygen atoms in total. The number of anilines is 1. The van der Waals surface area contributed by atoms with Crippen LogP contribution < -0.4 is 4.90 Å². The molecule has 4 rings (SSSR count). The second-order valence-electron chi connectivity index (χ2n) is 6.23. The third kappa shape index (κ3) is 3.89. The van der Waals surface area contributed by atoms with Gasteiger partial charge in [-0.3, -0.25) is 4.79 Å². The van der Waals surface area contributed by atoms with Gasteiger partial charge >= 0.3 is 0 Å². The quantitative estimate of drug-likeness (QED) is 0.614. The molecule has 142 valence electrons. The monoisotopic (exact) mass is 394 g/mol. The Hall–Kier alpha value is -3.18. The number of carbonyl (C=O) groups is 1. The van der Waals surface area contributed by atoms with E-state index in [1.165, 1.54) is 6.26 Å². The fourth-order valence-electron chi connectivity index (χ4n) is 3.02. The molecule has 2 aromatic heterocycles. The maximum Gasteiger partial charge on any atom is 0.266 e. The Morgan fingerprint density at radius 2 is 1.93 bits per heavy atom. The molecule has 28 heavy (non-hydrogen) atoms. The maximum atomic E-state index is 12.5. The zero-order chi connectivity index (χ0) is 19.3. The summed E-state index contributed by atoms with van der Waals surface area (Å²) in [6.07, 6.45) is 1.53. The molecule has 0 atom stereocenters. The van der Waals surface area contributed by atoms with E-state index in [2.05, 4.69) is 11.1 Å². The fourth-order valence-corrected chi connectivity index (χ4v) is 3.84. The van der Waals surface area contributed by atoms with Gasteiger partial charge in [-0.15, -0.1) is 11.8 Å². The number of thioether (sulfide) groups is 1. The zero-order valence-electron chi connectivity index (χ0n) is 15.1. The van der Waals surface area contributed by atoms with E-state index < -0.39 is 0 Å². The molecular formula is C20H18N4O3S. The van der Waals surface area contributed by atoms with E-state index >= 15 is 0 Å². The van der Waals surface area contributed by atoms with E-state index in [9.17, 15) is 10.1 Å². The molecule has 0 N–H and O–H groups in total. The van der Waals surface area contributed by atoms with Gasteiger partial charge < -0.3 is 18.6 Å². The highest BCUT2D eigenvalue weighted by Gasteiger charge is 2.27. The summed E-state index contributed by atoms with van der Waals surface area (Å²) in [5, 5.41) is 9.38. The molecular weight excluding hydrogens is 376 g/mol. The number of benzene rings is 1. The van der Waals surface area contributed by atoms with Crippen LogP contribution >= 0.6 is 11.8 Å². The molecule has 0 aliphatic carbocycles. The van der Waals surface area contributed by atoms with Gasteiger partial charge in [-0.2, -0.15) is 10.2 Å². The summed E-state index contributed by atoms with van der Waals surface area (Å²) in [5.41, 5.74) is 0.228. The molecule has 0 spiro atoms. The minimum Gasteiger partial charge on any atom is -0.459 e. The molecule has 0 radical (unpaired) electrons. The zero-order valence-corrected chi connectivity index (χ0v) is 15.9. The van der Waals surface area contributed by atoms with Gasteiger partial charge in [0.2, 0.25) is 17.5 Å². The number of oxazole rings is 1. The van der Waals surface area contributed by atoms with Gasteiger partial charge in [0.1, 0.15) is 6.07 Å². The van der Waals surface area contributed by atoms with Crippen molar-refractivity contribution >= 4 is 23.6 Å². The maximum absolute atomic E-state index is 12.5. The van der Waals surface area contributed by atoms with E-state index in [0.717, 1.165) is 4.90 Å². The minimum absolute atomic E-state index is 0.114. The topological polar surface area (TPSA) is 86.5 Å². The molecule has 1 aromatic carbocycles. The van der Waals surface area contributed by atoms with Gasteiger partial charge in [0, 0.05) is 31.1 Å². The van der Waals surface area contributed by atoms with Crippen LogP contribution in [-0.2, 0) is 4.79 Å². The van der Waals surface area contributed by atoms with Crippen LogP contribution in [0.25, 0.3) is 11.7 Å². The van der Waals surface area contributed by atoms with Crippen molar-refractivity contribution in [1.82, 2.24) is 9.88 Å². The third-order valence-electron chi connectivity index (χ3n) is 4.47. The van der Waals surface area contributed by atoms with Crippen molar-refractivity contribution < 1.29 is 13.6 Å². The predicted octanol–water partition coefficient (Wildman–Crippen LogP) is 3.25. The van der Waals surface area contributed by atoms with Crippen LogP contribution in [0.3, 0.4) is 0 Å². The van der Waals surface area contributed by atoms with Crippen LogP contribution in [0.1, 0.15) is 5.69 Å². The van der Waals surface area contributed by atoms with Gasteiger partial charge in [-0.25, -0.2) is 0 Å². The number of furan rings is 1. The first-order valence-electron chi connectivity index (χ1n) is 8.90. The van der Waals surface area contributed by atoms with Gasteiger partial charge in [-0.05, 0) is 24.3 Å². The normalized spacial score (nSPS) is 14.1. The van der Waals surface area contributed by atoms with Crippen molar-refractivity contribution in [3.05, 3.63) is 54.4 Å². The van der Waals surface area contributed by atoms with Gasteiger partial charge in [0.25, 0.3) is 5.89 Å². The lowest BCUT2D eigenvalue weighted by Gasteiger charge is -2.34. The summed E-state index contributed by atoms with van der Waals surface area (Å²) in [4.78, 5) is 21.6. The van der Waals surface area contributed by atoms with E-state index in [1.807, 2.05) is 40.1 Å². The first kappa shape index (κ1) is 18.2. The van der Waals surface area contributed by atoms with Crippen molar-refractivity contribution in [3.63, 3.8) is 0 Å². The van der Waals surface area contributed by atoms with Gasteiger partial charge in [0.05, 0.1) is 12.0 Å². The van der Waals surface area contributed by atoms with Crippen molar-refractivity contribution in [1.29, 1.82) is 5.26 Å². The second-order valence-corrected chi connectivity index (χ2v) is 7.28. The number of rotatable bonds is 5. The number of aromatic nitrogens is 1. The van der Waals surface area contributed by atoms with Crippen molar-refractivity contribution in [2.24, 2.45) is 0 Å². The molecule has 0 bridgehead atoms. The lowest BCUT2D eigenvalue weighted by Crippen LogP contribution is -2.49. The van der Waals surface area contributed by atoms with Crippen molar-refractivity contribution in [2.45, 2.75) is 4.90 Å². The average molecular weight is 394 g/mol. The minimum atomic E-state index is 0.114. The molecule has 1 saturated heterocycles. The summed E-state index contributed by atoms with van der Waals surface area (Å²) >= 11 is 1.54. The number of nitriles is 1. The van der Waals surface area contributed by atoms with Crippen LogP contribution in [0.4, 0.5) is 5.88 Å². The number of piperazine rings is 1. The van der Waals surface area contributed by atoms with E-state index in [-0.39, 0.29) is 17.5 Å². The molecule has 1 aliphatic rings. The average Bonchev–Trinajstić information content (AvgIpc) is 3.42. The molecule has 0 unspecified atom stereocenters. The Morgan fingerprint density at radius 3 is 2.61 bits per heavy atom. The lowest BCUT2D eigenvalue weighted by atomic mass is 10.3. The molecule has 1 aliphatic heterocycles. The third-order valence-corrected chi connectivity index (χ3v) is 5.47. The largest absolute Gasteiger partial charge is 0.459 e. The molecule has 1 fully saturated rings. The SMILES string of the molecule is N#Cc1nc(-c2ccco2)oc1N1CCN(C(=O)CSc2ccccc2)CC1. The van der Waals surface area contributed by atoms with E-state index in [0.29, 0.717) is 43.6 Å². The highest BCUT2D eigenvalue weighted by Crippen LogP contribution is 2.29. The molecule has 3 aromatic rings.